The van der Waals surface area contributed by atoms with Crippen LogP contribution in [0.4, 0.5) is 5.82 Å². The fourth-order valence-corrected chi connectivity index (χ4v) is 3.10. The number of primary sulfonamides is 1. The Hall–Kier alpha value is -1.45. The van der Waals surface area contributed by atoms with Crippen LogP contribution >= 0.6 is 24.8 Å². The van der Waals surface area contributed by atoms with E-state index in [9.17, 15) is 8.42 Å². The van der Waals surface area contributed by atoms with Crippen LogP contribution < -0.4 is 16.2 Å². The third kappa shape index (κ3) is 5.52. The van der Waals surface area contributed by atoms with E-state index in [4.69, 9.17) is 10.9 Å². The van der Waals surface area contributed by atoms with Gasteiger partial charge in [-0.3, -0.25) is 0 Å². The molecule has 0 unspecified atom stereocenters. The molecule has 1 fully saturated rings. The molecule has 1 aromatic heterocycles. The van der Waals surface area contributed by atoms with Gasteiger partial charge in [0.15, 0.2) is 0 Å². The molecule has 10 heteroatoms. The summed E-state index contributed by atoms with van der Waals surface area (Å²) >= 11 is 0. The van der Waals surface area contributed by atoms with Crippen LogP contribution in [0.15, 0.2) is 41.6 Å². The smallest absolute Gasteiger partial charge is 0.238 e. The van der Waals surface area contributed by atoms with Crippen LogP contribution in [0.5, 0.6) is 0 Å². The van der Waals surface area contributed by atoms with Gasteiger partial charge in [-0.1, -0.05) is 12.1 Å². The number of hydrogen-bond acceptors (Lipinski definition) is 6. The maximum atomic E-state index is 11.2. The predicted octanol–water partition coefficient (Wildman–Crippen LogP) is 1.78. The summed E-state index contributed by atoms with van der Waals surface area (Å²) in [6, 6.07) is 8.65. The molecule has 1 saturated carbocycles. The van der Waals surface area contributed by atoms with Gasteiger partial charge in [0, 0.05) is 30.3 Å². The van der Waals surface area contributed by atoms with E-state index >= 15 is 0 Å². The van der Waals surface area contributed by atoms with Gasteiger partial charge < -0.3 is 11.1 Å². The molecule has 7 nitrogen and oxygen atoms in total. The quantitative estimate of drug-likeness (QED) is 0.696. The van der Waals surface area contributed by atoms with Gasteiger partial charge in [-0.2, -0.15) is 0 Å². The van der Waals surface area contributed by atoms with Crippen molar-refractivity contribution in [3.8, 4) is 0 Å². The second-order valence-electron chi connectivity index (χ2n) is 5.80. The van der Waals surface area contributed by atoms with Crippen LogP contribution in [0.2, 0.25) is 0 Å². The highest BCUT2D eigenvalue weighted by Crippen LogP contribution is 2.34. The third-order valence-corrected chi connectivity index (χ3v) is 4.94. The third-order valence-electron chi connectivity index (χ3n) is 4.01. The topological polar surface area (TPSA) is 124 Å². The van der Waals surface area contributed by atoms with E-state index in [0.717, 1.165) is 29.9 Å². The number of rotatable bonds is 5. The van der Waals surface area contributed by atoms with Crippen molar-refractivity contribution in [3.05, 3.63) is 47.9 Å². The normalized spacial score (nSPS) is 19.1. The number of nitrogens with one attached hydrogen (secondary N) is 1. The first-order valence-corrected chi connectivity index (χ1v) is 8.89. The number of nitrogens with zero attached hydrogens (tertiary/aromatic N) is 2. The molecular formula is C15H21Cl2N5O2S. The predicted molar refractivity (Wildman–Crippen MR) is 102 cm³/mol. The second kappa shape index (κ2) is 8.77. The molecular weight excluding hydrogens is 385 g/mol. The van der Waals surface area contributed by atoms with Crippen LogP contribution in [0.1, 0.15) is 30.0 Å². The standard InChI is InChI=1S/C15H19N5O2S.2ClH/c16-12-5-11(6-12)14-7-15(20-9-19-14)18-8-10-1-3-13(4-2-10)23(17,21)22;;/h1-4,7,9,11-12H,5-6,8,16H2,(H2,17,21,22)(H,18,19,20);2*1H. The van der Waals surface area contributed by atoms with E-state index in [2.05, 4.69) is 15.3 Å². The lowest BCUT2D eigenvalue weighted by Crippen LogP contribution is -2.35. The van der Waals surface area contributed by atoms with Gasteiger partial charge >= 0.3 is 0 Å². The largest absolute Gasteiger partial charge is 0.366 e. The molecule has 0 aliphatic heterocycles. The number of sulfonamides is 1. The maximum absolute atomic E-state index is 11.2. The fourth-order valence-electron chi connectivity index (χ4n) is 2.59. The summed E-state index contributed by atoms with van der Waals surface area (Å²) in [6.45, 7) is 0.533. The minimum absolute atomic E-state index is 0. The lowest BCUT2D eigenvalue weighted by Gasteiger charge is -2.31. The monoisotopic (exact) mass is 405 g/mol. The molecule has 3 rings (SSSR count). The van der Waals surface area contributed by atoms with E-state index in [1.54, 1.807) is 18.5 Å². The highest BCUT2D eigenvalue weighted by Gasteiger charge is 2.28. The minimum atomic E-state index is -3.65. The Bertz CT molecular complexity index is 796. The summed E-state index contributed by atoms with van der Waals surface area (Å²) in [7, 11) is -3.65. The first-order chi connectivity index (χ1) is 10.9. The Morgan fingerprint density at radius 3 is 2.32 bits per heavy atom. The van der Waals surface area contributed by atoms with Crippen molar-refractivity contribution in [2.24, 2.45) is 10.9 Å². The molecule has 0 spiro atoms. The van der Waals surface area contributed by atoms with Crippen LogP contribution in [0, 0.1) is 0 Å². The number of benzene rings is 1. The maximum Gasteiger partial charge on any atom is 0.238 e. The Labute approximate surface area is 159 Å². The zero-order chi connectivity index (χ0) is 16.4. The van der Waals surface area contributed by atoms with Gasteiger partial charge in [-0.05, 0) is 30.5 Å². The molecule has 1 aromatic carbocycles. The summed E-state index contributed by atoms with van der Waals surface area (Å²) < 4.78 is 22.4. The highest BCUT2D eigenvalue weighted by molar-refractivity contribution is 7.89. The molecule has 2 aromatic rings. The number of aromatic nitrogens is 2. The van der Waals surface area contributed by atoms with Gasteiger partial charge in [-0.15, -0.1) is 24.8 Å². The number of nitrogens with two attached hydrogens (primary N) is 2. The summed E-state index contributed by atoms with van der Waals surface area (Å²) in [4.78, 5) is 8.61. The van der Waals surface area contributed by atoms with Gasteiger partial charge in [-0.25, -0.2) is 23.5 Å². The lowest BCUT2D eigenvalue weighted by atomic mass is 9.79. The number of halogens is 2. The zero-order valence-electron chi connectivity index (χ0n) is 13.3. The van der Waals surface area contributed by atoms with Crippen LogP contribution in [-0.4, -0.2) is 24.4 Å². The van der Waals surface area contributed by atoms with Crippen LogP contribution in [-0.2, 0) is 16.6 Å². The summed E-state index contributed by atoms with van der Waals surface area (Å²) in [5, 5.41) is 8.29. The van der Waals surface area contributed by atoms with E-state index in [0.29, 0.717) is 12.5 Å². The average molecular weight is 406 g/mol. The highest BCUT2D eigenvalue weighted by atomic mass is 35.5. The first kappa shape index (κ1) is 21.6. The number of hydrogen-bond donors (Lipinski definition) is 3. The Kier molecular flexibility index (Phi) is 7.58. The average Bonchev–Trinajstić information content (AvgIpc) is 2.50. The number of anilines is 1. The fraction of sp³-hybridized carbons (Fsp3) is 0.333. The van der Waals surface area contributed by atoms with Crippen molar-refractivity contribution in [2.45, 2.75) is 36.2 Å². The first-order valence-electron chi connectivity index (χ1n) is 7.35. The SMILES string of the molecule is Cl.Cl.NC1CC(c2cc(NCc3ccc(S(N)(=O)=O)cc3)ncn2)C1. The molecule has 0 radical (unpaired) electrons. The minimum Gasteiger partial charge on any atom is -0.366 e. The van der Waals surface area contributed by atoms with E-state index in [1.165, 1.54) is 12.1 Å². The van der Waals surface area contributed by atoms with E-state index in [1.807, 2.05) is 6.07 Å². The van der Waals surface area contributed by atoms with E-state index < -0.39 is 10.0 Å². The lowest BCUT2D eigenvalue weighted by molar-refractivity contribution is 0.345. The van der Waals surface area contributed by atoms with Crippen molar-refractivity contribution < 1.29 is 8.42 Å². The Balaban J connectivity index is 0.00000156. The summed E-state index contributed by atoms with van der Waals surface area (Å²) in [5.74, 6) is 1.16. The molecule has 138 valence electrons. The molecule has 0 saturated heterocycles. The Morgan fingerprint density at radius 2 is 1.76 bits per heavy atom. The van der Waals surface area contributed by atoms with E-state index in [-0.39, 0.29) is 35.8 Å². The van der Waals surface area contributed by atoms with Crippen LogP contribution in [0.3, 0.4) is 0 Å². The molecule has 5 N–H and O–H groups in total. The zero-order valence-corrected chi connectivity index (χ0v) is 15.8. The van der Waals surface area contributed by atoms with Gasteiger partial charge in [0.1, 0.15) is 12.1 Å². The molecule has 1 aliphatic rings. The van der Waals surface area contributed by atoms with Gasteiger partial charge in [0.2, 0.25) is 10.0 Å². The van der Waals surface area contributed by atoms with Crippen molar-refractivity contribution in [1.82, 2.24) is 9.97 Å². The van der Waals surface area contributed by atoms with Gasteiger partial charge in [0.25, 0.3) is 0 Å². The molecule has 0 atom stereocenters. The van der Waals surface area contributed by atoms with Crippen molar-refractivity contribution >= 4 is 40.7 Å². The Morgan fingerprint density at radius 1 is 1.12 bits per heavy atom. The second-order valence-corrected chi connectivity index (χ2v) is 7.36. The van der Waals surface area contributed by atoms with Crippen LogP contribution in [0.25, 0.3) is 0 Å². The molecule has 1 aliphatic carbocycles. The summed E-state index contributed by atoms with van der Waals surface area (Å²) in [5.41, 5.74) is 7.75. The van der Waals surface area contributed by atoms with Crippen molar-refractivity contribution in [2.75, 3.05) is 5.32 Å². The molecule has 1 heterocycles. The molecule has 25 heavy (non-hydrogen) atoms. The molecule has 0 amide bonds. The van der Waals surface area contributed by atoms with Crippen molar-refractivity contribution in [3.63, 3.8) is 0 Å². The van der Waals surface area contributed by atoms with Crippen molar-refractivity contribution in [1.29, 1.82) is 0 Å². The van der Waals surface area contributed by atoms with Gasteiger partial charge in [0.05, 0.1) is 4.90 Å². The summed E-state index contributed by atoms with van der Waals surface area (Å²) in [6.07, 6.45) is 3.47. The molecule has 0 bridgehead atoms.